The summed E-state index contributed by atoms with van der Waals surface area (Å²) in [5.74, 6) is 1.03. The third-order valence-electron chi connectivity index (χ3n) is 20.6. The number of aliphatic hydroxyl groups is 5. The van der Waals surface area contributed by atoms with Gasteiger partial charge in [0.1, 0.15) is 11.9 Å². The molecule has 10 nitrogen and oxygen atoms in total. The molecule has 63 heavy (non-hydrogen) atoms. The Morgan fingerprint density at radius 2 is 1.68 bits per heavy atom. The average Bonchev–Trinajstić information content (AvgIpc) is 3.71. The average molecular weight is 908 g/mol. The molecule has 12 heteroatoms. The highest BCUT2D eigenvalue weighted by atomic mass is 33.1. The molecule has 1 aromatic carbocycles. The Hall–Kier alpha value is -1.64. The van der Waals surface area contributed by atoms with Gasteiger partial charge in [-0.25, -0.2) is 0 Å². The highest BCUT2D eigenvalue weighted by molar-refractivity contribution is 8.76. The third-order valence-corrected chi connectivity index (χ3v) is 23.1. The second-order valence-electron chi connectivity index (χ2n) is 23.2. The molecule has 5 heterocycles. The van der Waals surface area contributed by atoms with Crippen LogP contribution in [-0.2, 0) is 20.7 Å². The van der Waals surface area contributed by atoms with Crippen LogP contribution in [0.15, 0.2) is 29.8 Å². The number of benzene rings is 1. The SMILES string of the molecule is CC(C)C(C)C1OC1C(C)(O)C1CCC2(O)C3=CC(=O)C45CSSCC6CCCC(CO)C67C(=O)N(CC76CCCC6)c6cc(O)cc(c6)CCC12CCC3C4(C)CC(O)C(O)C5. The zero-order chi connectivity index (χ0) is 44.7. The number of hydrogen-bond donors (Lipinski definition) is 6. The van der Waals surface area contributed by atoms with Crippen LogP contribution in [0, 0.1) is 62.6 Å². The number of aliphatic hydroxyl groups excluding tert-OH is 3. The van der Waals surface area contributed by atoms with Gasteiger partial charge in [-0.2, -0.15) is 0 Å². The number of allylic oxidation sites excluding steroid dienone is 1. The van der Waals surface area contributed by atoms with Crippen molar-refractivity contribution in [3.63, 3.8) is 0 Å². The monoisotopic (exact) mass is 907 g/mol. The van der Waals surface area contributed by atoms with Gasteiger partial charge in [-0.15, -0.1) is 0 Å². The van der Waals surface area contributed by atoms with Crippen LogP contribution in [-0.4, -0.2) is 103 Å². The normalized spacial score (nSPS) is 45.8. The zero-order valence-electron chi connectivity index (χ0n) is 38.2. The molecule has 4 spiro atoms. The summed E-state index contributed by atoms with van der Waals surface area (Å²) >= 11 is 0. The Morgan fingerprint density at radius 1 is 0.937 bits per heavy atom. The molecular formula is C51H73NO9S2. The van der Waals surface area contributed by atoms with Crippen molar-refractivity contribution in [1.82, 2.24) is 0 Å². The van der Waals surface area contributed by atoms with Crippen LogP contribution in [0.25, 0.3) is 0 Å². The largest absolute Gasteiger partial charge is 0.508 e. The van der Waals surface area contributed by atoms with Gasteiger partial charge in [-0.05, 0) is 154 Å². The first-order valence-corrected chi connectivity index (χ1v) is 27.1. The standard InChI is InChI=1S/C51H73NO9S2/c1-29(2)30(3)42-43(61-42)46(5,59)40-13-18-50(60)37-22-41(57)49-24-39(56)38(55)23-45(49,4)36(37)12-17-48(40,50)16-11-31-19-34(21-35(54)20-31)52-27-47(14-6-7-15-47)51(44(52)58)32(25-53)9-8-10-33(51)26-62-63-28-49/h19-22,29-30,32-33,36,38-40,42-43,53-56,59-60H,6-18,23-28H2,1-5H3. The fraction of sp³-hybridized carbons (Fsp3) is 0.804. The van der Waals surface area contributed by atoms with Crippen molar-refractivity contribution in [2.24, 2.45) is 62.6 Å². The second kappa shape index (κ2) is 15.4. The lowest BCUT2D eigenvalue weighted by Crippen LogP contribution is -2.67. The number of ketones is 1. The molecule has 0 aromatic heterocycles. The third kappa shape index (κ3) is 6.11. The minimum atomic E-state index is -1.43. The number of epoxide rings is 1. The van der Waals surface area contributed by atoms with E-state index < -0.39 is 51.2 Å². The smallest absolute Gasteiger partial charge is 0.234 e. The minimum Gasteiger partial charge on any atom is -0.508 e. The van der Waals surface area contributed by atoms with Crippen LogP contribution in [0.4, 0.5) is 5.69 Å². The molecule has 5 saturated carbocycles. The molecule has 6 aliphatic carbocycles. The molecule has 8 bridgehead atoms. The Balaban J connectivity index is 1.13. The summed E-state index contributed by atoms with van der Waals surface area (Å²) in [5.41, 5.74) is -4.12. The van der Waals surface area contributed by atoms with Crippen molar-refractivity contribution in [2.45, 2.75) is 167 Å². The van der Waals surface area contributed by atoms with Gasteiger partial charge >= 0.3 is 0 Å². The van der Waals surface area contributed by atoms with Crippen molar-refractivity contribution in [2.75, 3.05) is 29.6 Å². The van der Waals surface area contributed by atoms with Gasteiger partial charge < -0.3 is 40.3 Å². The summed E-state index contributed by atoms with van der Waals surface area (Å²) in [6.07, 6.45) is 9.24. The Morgan fingerprint density at radius 3 is 2.41 bits per heavy atom. The molecule has 2 saturated heterocycles. The fourth-order valence-electron chi connectivity index (χ4n) is 17.0. The molecule has 0 radical (unpaired) electrons. The van der Waals surface area contributed by atoms with Crippen molar-refractivity contribution in [3.8, 4) is 5.75 Å². The number of amides is 1. The van der Waals surface area contributed by atoms with Crippen LogP contribution in [0.5, 0.6) is 5.75 Å². The number of phenols is 1. The number of hydrogen-bond acceptors (Lipinski definition) is 11. The van der Waals surface area contributed by atoms with Crippen LogP contribution >= 0.6 is 21.6 Å². The lowest BCUT2D eigenvalue weighted by Gasteiger charge is -2.65. The number of carbonyl (C=O) groups is 2. The second-order valence-corrected chi connectivity index (χ2v) is 25.7. The van der Waals surface area contributed by atoms with E-state index in [0.29, 0.717) is 68.2 Å². The number of nitrogens with zero attached hydrogens (tertiary/aromatic N) is 1. The lowest BCUT2D eigenvalue weighted by atomic mass is 9.41. The van der Waals surface area contributed by atoms with E-state index in [4.69, 9.17) is 4.74 Å². The van der Waals surface area contributed by atoms with E-state index in [1.165, 1.54) is 0 Å². The van der Waals surface area contributed by atoms with Crippen LogP contribution in [0.2, 0.25) is 0 Å². The van der Waals surface area contributed by atoms with Crippen molar-refractivity contribution in [3.05, 3.63) is 35.4 Å². The highest BCUT2D eigenvalue weighted by Crippen LogP contribution is 2.74. The molecule has 1 aromatic rings. The quantitative estimate of drug-likeness (QED) is 0.129. The number of rotatable bonds is 5. The van der Waals surface area contributed by atoms with Crippen molar-refractivity contribution in [1.29, 1.82) is 0 Å². The topological polar surface area (TPSA) is 171 Å². The zero-order valence-corrected chi connectivity index (χ0v) is 39.8. The molecule has 6 N–H and O–H groups in total. The summed E-state index contributed by atoms with van der Waals surface area (Å²) in [4.78, 5) is 32.9. The van der Waals surface area contributed by atoms with Gasteiger partial charge in [0.2, 0.25) is 5.91 Å². The molecule has 12 rings (SSSR count). The van der Waals surface area contributed by atoms with Gasteiger partial charge in [0.05, 0.1) is 40.3 Å². The highest BCUT2D eigenvalue weighted by Gasteiger charge is 2.75. The van der Waals surface area contributed by atoms with E-state index in [9.17, 15) is 30.6 Å². The molecule has 7 fully saturated rings. The Labute approximate surface area is 382 Å². The van der Waals surface area contributed by atoms with Crippen LogP contribution < -0.4 is 4.90 Å². The summed E-state index contributed by atoms with van der Waals surface area (Å²) in [7, 11) is 3.36. The van der Waals surface area contributed by atoms with E-state index in [1.807, 2.05) is 11.8 Å². The number of fused-ring (bicyclic) bond motifs is 2. The van der Waals surface area contributed by atoms with Gasteiger partial charge in [0.25, 0.3) is 0 Å². The molecule has 1 amide bonds. The molecule has 15 atom stereocenters. The summed E-state index contributed by atoms with van der Waals surface area (Å²) < 4.78 is 6.38. The number of carbonyl (C=O) groups excluding carboxylic acids is 2. The molecule has 5 aliphatic heterocycles. The minimum absolute atomic E-state index is 0.0122. The molecule has 348 valence electrons. The van der Waals surface area contributed by atoms with E-state index in [2.05, 4.69) is 33.8 Å². The van der Waals surface area contributed by atoms with Gasteiger partial charge in [-0.3, -0.25) is 9.59 Å². The first kappa shape index (κ1) is 45.2. The van der Waals surface area contributed by atoms with Gasteiger partial charge in [0, 0.05) is 47.2 Å². The van der Waals surface area contributed by atoms with E-state index in [0.717, 1.165) is 56.1 Å². The van der Waals surface area contributed by atoms with E-state index in [-0.39, 0.29) is 78.0 Å². The lowest BCUT2D eigenvalue weighted by molar-refractivity contribution is -0.183. The molecule has 15 unspecified atom stereocenters. The van der Waals surface area contributed by atoms with E-state index >= 15 is 9.59 Å². The summed E-state index contributed by atoms with van der Waals surface area (Å²) in [6.45, 7) is 11.1. The Kier molecular flexibility index (Phi) is 11.1. The fourth-order valence-corrected chi connectivity index (χ4v) is 20.2. The summed E-state index contributed by atoms with van der Waals surface area (Å²) in [5, 5.41) is 72.3. The maximum absolute atomic E-state index is 15.7. The summed E-state index contributed by atoms with van der Waals surface area (Å²) in [6, 6.07) is 5.57. The predicted molar refractivity (Wildman–Crippen MR) is 246 cm³/mol. The number of anilines is 1. The Bertz CT molecular complexity index is 2040. The van der Waals surface area contributed by atoms with Crippen LogP contribution in [0.1, 0.15) is 130 Å². The molecular weight excluding hydrogens is 835 g/mol. The number of phenolic OH excluding ortho intramolecular Hbond substituents is 1. The maximum atomic E-state index is 15.7. The van der Waals surface area contributed by atoms with Crippen molar-refractivity contribution < 1.29 is 45.0 Å². The van der Waals surface area contributed by atoms with Gasteiger partial charge in [0.15, 0.2) is 5.78 Å². The number of aryl methyl sites for hydroxylation is 1. The number of aromatic hydroxyl groups is 1. The maximum Gasteiger partial charge on any atom is 0.234 e. The van der Waals surface area contributed by atoms with Crippen LogP contribution in [0.3, 0.4) is 0 Å². The predicted octanol–water partition coefficient (Wildman–Crippen LogP) is 7.39. The first-order valence-electron chi connectivity index (χ1n) is 24.6. The first-order chi connectivity index (χ1) is 29.9. The van der Waals surface area contributed by atoms with E-state index in [1.54, 1.807) is 39.8 Å². The van der Waals surface area contributed by atoms with Gasteiger partial charge in [-0.1, -0.05) is 68.5 Å². The van der Waals surface area contributed by atoms with Crippen molar-refractivity contribution >= 4 is 39.0 Å². The number of ether oxygens (including phenoxy) is 1. The molecule has 11 aliphatic rings.